The molecule has 4 aromatic rings. The summed E-state index contributed by atoms with van der Waals surface area (Å²) in [5.41, 5.74) is 3.19. The molecule has 0 aliphatic rings. The van der Waals surface area contributed by atoms with Crippen molar-refractivity contribution in [2.24, 2.45) is 0 Å². The van der Waals surface area contributed by atoms with Crippen molar-refractivity contribution in [1.82, 2.24) is 14.7 Å². The monoisotopic (exact) mass is 406 g/mol. The lowest BCUT2D eigenvalue weighted by molar-refractivity contribution is -0.115. The summed E-state index contributed by atoms with van der Waals surface area (Å²) in [6.45, 7) is 3.64. The van der Waals surface area contributed by atoms with Crippen LogP contribution in [0.5, 0.6) is 0 Å². The number of aryl methyl sites for hydroxylation is 1. The van der Waals surface area contributed by atoms with Crippen LogP contribution in [-0.4, -0.2) is 20.6 Å². The third kappa shape index (κ3) is 3.74. The van der Waals surface area contributed by atoms with E-state index in [4.69, 9.17) is 4.52 Å². The van der Waals surface area contributed by atoms with Crippen LogP contribution in [0.4, 0.5) is 10.8 Å². The Balaban J connectivity index is 1.67. The van der Waals surface area contributed by atoms with Crippen LogP contribution in [0, 0.1) is 6.92 Å². The van der Waals surface area contributed by atoms with E-state index in [9.17, 15) is 9.59 Å². The topological polar surface area (TPSA) is 81.2 Å². The summed E-state index contributed by atoms with van der Waals surface area (Å²) in [5.74, 6) is -0.238. The van der Waals surface area contributed by atoms with E-state index in [2.05, 4.69) is 10.1 Å². The van der Waals surface area contributed by atoms with Crippen molar-refractivity contribution in [2.75, 3.05) is 4.90 Å². The van der Waals surface area contributed by atoms with Gasteiger partial charge >= 0.3 is 5.76 Å². The van der Waals surface area contributed by atoms with Crippen molar-refractivity contribution in [3.8, 4) is 11.4 Å². The molecule has 146 valence electrons. The molecule has 0 aliphatic carbocycles. The zero-order valence-corrected chi connectivity index (χ0v) is 16.7. The van der Waals surface area contributed by atoms with Gasteiger partial charge in [0, 0.05) is 17.9 Å². The molecule has 8 heteroatoms. The Bertz CT molecular complexity index is 1210. The fourth-order valence-corrected chi connectivity index (χ4v) is 3.94. The maximum Gasteiger partial charge on any atom is 0.442 e. The van der Waals surface area contributed by atoms with Crippen molar-refractivity contribution in [3.05, 3.63) is 81.8 Å². The minimum absolute atomic E-state index is 0.139. The molecule has 7 nitrogen and oxygen atoms in total. The van der Waals surface area contributed by atoms with Gasteiger partial charge in [-0.15, -0.1) is 11.3 Å². The smallest absolute Gasteiger partial charge is 0.295 e. The van der Waals surface area contributed by atoms with E-state index >= 15 is 0 Å². The molecule has 0 aliphatic heterocycles. The molecule has 1 amide bonds. The molecule has 4 rings (SSSR count). The number of amides is 1. The van der Waals surface area contributed by atoms with E-state index < -0.39 is 5.76 Å². The number of carbonyl (C=O) groups excluding carboxylic acids is 1. The van der Waals surface area contributed by atoms with E-state index in [1.807, 2.05) is 66.9 Å². The Kier molecular flexibility index (Phi) is 5.09. The van der Waals surface area contributed by atoms with Crippen LogP contribution in [0.2, 0.25) is 0 Å². The molecule has 0 fully saturated rings. The van der Waals surface area contributed by atoms with Gasteiger partial charge in [-0.1, -0.05) is 47.6 Å². The van der Waals surface area contributed by atoms with Crippen molar-refractivity contribution in [1.29, 1.82) is 0 Å². The lowest BCUT2D eigenvalue weighted by Gasteiger charge is -2.17. The highest BCUT2D eigenvalue weighted by Crippen LogP contribution is 2.29. The Morgan fingerprint density at radius 1 is 1.14 bits per heavy atom. The van der Waals surface area contributed by atoms with Crippen LogP contribution in [0.3, 0.4) is 0 Å². The van der Waals surface area contributed by atoms with Crippen LogP contribution in [-0.2, 0) is 11.3 Å². The third-order valence-electron chi connectivity index (χ3n) is 4.45. The van der Waals surface area contributed by atoms with Gasteiger partial charge in [-0.2, -0.15) is 0 Å². The van der Waals surface area contributed by atoms with Gasteiger partial charge in [0.25, 0.3) is 0 Å². The summed E-state index contributed by atoms with van der Waals surface area (Å²) in [6.07, 6.45) is 0. The molecule has 0 spiro atoms. The second-order valence-corrected chi connectivity index (χ2v) is 7.32. The van der Waals surface area contributed by atoms with Gasteiger partial charge in [-0.05, 0) is 24.6 Å². The molecule has 0 N–H and O–H groups in total. The molecule has 2 aromatic heterocycles. The number of thiazole rings is 1. The van der Waals surface area contributed by atoms with Gasteiger partial charge in [0.15, 0.2) is 11.0 Å². The normalized spacial score (nSPS) is 10.8. The summed E-state index contributed by atoms with van der Waals surface area (Å²) in [6, 6.07) is 17.0. The first kappa shape index (κ1) is 18.8. The minimum atomic E-state index is -0.552. The predicted molar refractivity (Wildman–Crippen MR) is 111 cm³/mol. The van der Waals surface area contributed by atoms with Crippen molar-refractivity contribution < 1.29 is 9.32 Å². The summed E-state index contributed by atoms with van der Waals surface area (Å²) < 4.78 is 6.35. The number of benzene rings is 2. The van der Waals surface area contributed by atoms with E-state index in [1.165, 1.54) is 22.8 Å². The SMILES string of the molecule is CC(=O)N(c1ccccc1)c1nc(Cn2c(-c3ccccc3C)noc2=O)cs1. The fourth-order valence-electron chi connectivity index (χ4n) is 3.06. The first-order valence-corrected chi connectivity index (χ1v) is 9.85. The lowest BCUT2D eigenvalue weighted by Crippen LogP contribution is -2.22. The first-order chi connectivity index (χ1) is 14.0. The standard InChI is InChI=1S/C21H18N4O3S/c1-14-8-6-7-11-18(14)19-23-28-21(27)24(19)12-16-13-29-20(22-16)25(15(2)26)17-9-4-3-5-10-17/h3-11,13H,12H2,1-2H3. The van der Waals surface area contributed by atoms with Gasteiger partial charge < -0.3 is 0 Å². The first-order valence-electron chi connectivity index (χ1n) is 8.97. The maximum absolute atomic E-state index is 12.2. The molecule has 0 unspecified atom stereocenters. The van der Waals surface area contributed by atoms with Gasteiger partial charge in [0.1, 0.15) is 0 Å². The number of hydrogen-bond acceptors (Lipinski definition) is 6. The number of para-hydroxylation sites is 1. The Hall–Kier alpha value is -3.52. The minimum Gasteiger partial charge on any atom is -0.295 e. The Morgan fingerprint density at radius 3 is 2.59 bits per heavy atom. The lowest BCUT2D eigenvalue weighted by atomic mass is 10.1. The average molecular weight is 406 g/mol. The van der Waals surface area contributed by atoms with E-state index in [1.54, 1.807) is 4.90 Å². The van der Waals surface area contributed by atoms with Gasteiger partial charge in [-0.3, -0.25) is 18.8 Å². The Labute approximate surface area is 170 Å². The molecule has 29 heavy (non-hydrogen) atoms. The highest BCUT2D eigenvalue weighted by molar-refractivity contribution is 7.14. The van der Waals surface area contributed by atoms with Crippen molar-refractivity contribution in [2.45, 2.75) is 20.4 Å². The molecule has 2 aromatic carbocycles. The quantitative estimate of drug-likeness (QED) is 0.500. The maximum atomic E-state index is 12.2. The van der Waals surface area contributed by atoms with Crippen LogP contribution in [0.15, 0.2) is 69.3 Å². The summed E-state index contributed by atoms with van der Waals surface area (Å²) in [4.78, 5) is 30.6. The molecule has 0 bridgehead atoms. The van der Waals surface area contributed by atoms with Crippen molar-refractivity contribution >= 4 is 28.1 Å². The zero-order valence-electron chi connectivity index (χ0n) is 15.9. The van der Waals surface area contributed by atoms with Crippen LogP contribution >= 0.6 is 11.3 Å². The highest BCUT2D eigenvalue weighted by atomic mass is 32.1. The summed E-state index contributed by atoms with van der Waals surface area (Å²) >= 11 is 1.34. The molecule has 0 saturated heterocycles. The number of aromatic nitrogens is 3. The van der Waals surface area contributed by atoms with Crippen LogP contribution < -0.4 is 10.7 Å². The van der Waals surface area contributed by atoms with Gasteiger partial charge in [-0.25, -0.2) is 9.78 Å². The summed E-state index contributed by atoms with van der Waals surface area (Å²) in [7, 11) is 0. The van der Waals surface area contributed by atoms with Crippen LogP contribution in [0.25, 0.3) is 11.4 Å². The number of hydrogen-bond donors (Lipinski definition) is 0. The largest absolute Gasteiger partial charge is 0.442 e. The van der Waals surface area contributed by atoms with Crippen molar-refractivity contribution in [3.63, 3.8) is 0 Å². The second-order valence-electron chi connectivity index (χ2n) is 6.48. The molecule has 0 radical (unpaired) electrons. The third-order valence-corrected chi connectivity index (χ3v) is 5.33. The molecular formula is C21H18N4O3S. The molecule has 2 heterocycles. The van der Waals surface area contributed by atoms with E-state index in [0.29, 0.717) is 16.6 Å². The Morgan fingerprint density at radius 2 is 1.86 bits per heavy atom. The fraction of sp³-hybridized carbons (Fsp3) is 0.143. The number of rotatable bonds is 5. The predicted octanol–water partition coefficient (Wildman–Crippen LogP) is 4.00. The van der Waals surface area contributed by atoms with Gasteiger partial charge in [0.05, 0.1) is 17.9 Å². The zero-order chi connectivity index (χ0) is 20.4. The van der Waals surface area contributed by atoms with Crippen LogP contribution in [0.1, 0.15) is 18.2 Å². The second kappa shape index (κ2) is 7.84. The average Bonchev–Trinajstić information content (AvgIpc) is 3.31. The summed E-state index contributed by atoms with van der Waals surface area (Å²) in [5, 5.41) is 6.32. The molecule has 0 saturated carbocycles. The van der Waals surface area contributed by atoms with Gasteiger partial charge in [0.2, 0.25) is 5.91 Å². The van der Waals surface area contributed by atoms with E-state index in [-0.39, 0.29) is 12.5 Å². The number of nitrogens with zero attached hydrogens (tertiary/aromatic N) is 4. The molecule has 0 atom stereocenters. The van der Waals surface area contributed by atoms with E-state index in [0.717, 1.165) is 16.8 Å². The number of carbonyl (C=O) groups is 1. The highest BCUT2D eigenvalue weighted by Gasteiger charge is 2.20. The molecular weight excluding hydrogens is 388 g/mol. The number of anilines is 2.